The first-order valence-electron chi connectivity index (χ1n) is 9.03. The minimum Gasteiger partial charge on any atom is -0.497 e. The second-order valence-corrected chi connectivity index (χ2v) is 6.56. The number of carbonyl (C=O) groups is 1. The Kier molecular flexibility index (Phi) is 5.93. The number of hydrogen-bond acceptors (Lipinski definition) is 5. The molecule has 0 aliphatic carbocycles. The fraction of sp³-hybridized carbons (Fsp3) is 0.286. The monoisotopic (exact) mass is 380 g/mol. The Morgan fingerprint density at radius 2 is 2.00 bits per heavy atom. The average molecular weight is 380 g/mol. The van der Waals surface area contributed by atoms with Gasteiger partial charge in [0, 0.05) is 18.3 Å². The molecule has 2 aromatic heterocycles. The quantitative estimate of drug-likeness (QED) is 0.680. The minimum atomic E-state index is -0.198. The summed E-state index contributed by atoms with van der Waals surface area (Å²) in [6.45, 7) is 4.36. The summed E-state index contributed by atoms with van der Waals surface area (Å²) in [5, 5.41) is 7.35. The van der Waals surface area contributed by atoms with Crippen LogP contribution in [0.15, 0.2) is 48.8 Å². The molecule has 0 saturated heterocycles. The standard InChI is InChI=1S/C21H24N4O3/c1-14(2)20-17(13-24-25(20)19-7-5-6-10-22-19)21(26)23-12-15-11-16(27-3)8-9-18(15)28-4/h5-11,13-14H,12H2,1-4H3,(H,23,26). The highest BCUT2D eigenvalue weighted by molar-refractivity contribution is 5.95. The van der Waals surface area contributed by atoms with Gasteiger partial charge in [0.1, 0.15) is 11.5 Å². The van der Waals surface area contributed by atoms with E-state index >= 15 is 0 Å². The molecule has 1 N–H and O–H groups in total. The molecule has 3 rings (SSSR count). The predicted octanol–water partition coefficient (Wildman–Crippen LogP) is 3.34. The van der Waals surface area contributed by atoms with E-state index in [4.69, 9.17) is 9.47 Å². The first-order valence-corrected chi connectivity index (χ1v) is 9.03. The van der Waals surface area contributed by atoms with E-state index in [0.717, 1.165) is 11.3 Å². The molecule has 1 aromatic carbocycles. The molecule has 146 valence electrons. The molecule has 0 fully saturated rings. The van der Waals surface area contributed by atoms with Crippen LogP contribution in [0.4, 0.5) is 0 Å². The normalized spacial score (nSPS) is 10.8. The van der Waals surface area contributed by atoms with Gasteiger partial charge in [-0.15, -0.1) is 0 Å². The van der Waals surface area contributed by atoms with Gasteiger partial charge in [-0.25, -0.2) is 9.67 Å². The molecule has 0 aliphatic heterocycles. The molecule has 0 unspecified atom stereocenters. The van der Waals surface area contributed by atoms with E-state index in [9.17, 15) is 4.79 Å². The van der Waals surface area contributed by atoms with Gasteiger partial charge in [-0.2, -0.15) is 5.10 Å². The summed E-state index contributed by atoms with van der Waals surface area (Å²) in [4.78, 5) is 17.2. The van der Waals surface area contributed by atoms with Crippen LogP contribution in [-0.2, 0) is 6.54 Å². The van der Waals surface area contributed by atoms with E-state index in [1.807, 2.05) is 50.2 Å². The van der Waals surface area contributed by atoms with Crippen molar-refractivity contribution < 1.29 is 14.3 Å². The summed E-state index contributed by atoms with van der Waals surface area (Å²) in [5.74, 6) is 1.97. The van der Waals surface area contributed by atoms with E-state index in [-0.39, 0.29) is 11.8 Å². The molecule has 0 saturated carbocycles. The number of pyridine rings is 1. The molecule has 28 heavy (non-hydrogen) atoms. The molecule has 0 radical (unpaired) electrons. The number of nitrogens with zero attached hydrogens (tertiary/aromatic N) is 3. The molecule has 1 amide bonds. The topological polar surface area (TPSA) is 78.3 Å². The second-order valence-electron chi connectivity index (χ2n) is 6.56. The largest absolute Gasteiger partial charge is 0.497 e. The molecule has 7 nitrogen and oxygen atoms in total. The van der Waals surface area contributed by atoms with Crippen molar-refractivity contribution in [3.8, 4) is 17.3 Å². The number of carbonyl (C=O) groups excluding carboxylic acids is 1. The van der Waals surface area contributed by atoms with Crippen molar-refractivity contribution in [2.45, 2.75) is 26.3 Å². The van der Waals surface area contributed by atoms with Gasteiger partial charge in [-0.3, -0.25) is 4.79 Å². The lowest BCUT2D eigenvalue weighted by Gasteiger charge is -2.13. The Morgan fingerprint density at radius 1 is 1.18 bits per heavy atom. The number of ether oxygens (including phenoxy) is 2. The number of benzene rings is 1. The zero-order chi connectivity index (χ0) is 20.1. The molecule has 7 heteroatoms. The number of methoxy groups -OCH3 is 2. The number of hydrogen-bond donors (Lipinski definition) is 1. The van der Waals surface area contributed by atoms with Crippen molar-refractivity contribution in [1.82, 2.24) is 20.1 Å². The maximum absolute atomic E-state index is 12.9. The van der Waals surface area contributed by atoms with E-state index < -0.39 is 0 Å². The van der Waals surface area contributed by atoms with Crippen molar-refractivity contribution in [1.29, 1.82) is 0 Å². The molecular weight excluding hydrogens is 356 g/mol. The summed E-state index contributed by atoms with van der Waals surface area (Å²) in [6.07, 6.45) is 3.29. The number of amides is 1. The van der Waals surface area contributed by atoms with Gasteiger partial charge in [-0.05, 0) is 36.2 Å². The maximum atomic E-state index is 12.9. The van der Waals surface area contributed by atoms with E-state index in [1.165, 1.54) is 0 Å². The van der Waals surface area contributed by atoms with Crippen molar-refractivity contribution in [3.63, 3.8) is 0 Å². The lowest BCUT2D eigenvalue weighted by molar-refractivity contribution is 0.0949. The molecule has 3 aromatic rings. The van der Waals surface area contributed by atoms with Crippen molar-refractivity contribution in [2.24, 2.45) is 0 Å². The smallest absolute Gasteiger partial charge is 0.255 e. The zero-order valence-corrected chi connectivity index (χ0v) is 16.5. The summed E-state index contributed by atoms with van der Waals surface area (Å²) in [7, 11) is 3.20. The Balaban J connectivity index is 1.85. The molecule has 0 spiro atoms. The molecule has 0 aliphatic rings. The number of nitrogens with one attached hydrogen (secondary N) is 1. The Morgan fingerprint density at radius 3 is 2.64 bits per heavy atom. The fourth-order valence-electron chi connectivity index (χ4n) is 3.04. The van der Waals surface area contributed by atoms with Crippen LogP contribution in [0.2, 0.25) is 0 Å². The highest BCUT2D eigenvalue weighted by atomic mass is 16.5. The van der Waals surface area contributed by atoms with Gasteiger partial charge in [0.15, 0.2) is 5.82 Å². The van der Waals surface area contributed by atoms with Crippen LogP contribution in [0.25, 0.3) is 5.82 Å². The highest BCUT2D eigenvalue weighted by Gasteiger charge is 2.21. The number of aromatic nitrogens is 3. The van der Waals surface area contributed by atoms with Crippen LogP contribution in [0.1, 0.15) is 41.4 Å². The fourth-order valence-corrected chi connectivity index (χ4v) is 3.04. The molecule has 0 atom stereocenters. The zero-order valence-electron chi connectivity index (χ0n) is 16.5. The summed E-state index contributed by atoms with van der Waals surface area (Å²) in [6, 6.07) is 11.1. The molecular formula is C21H24N4O3. The van der Waals surface area contributed by atoms with E-state index in [2.05, 4.69) is 15.4 Å². The maximum Gasteiger partial charge on any atom is 0.255 e. The first-order chi connectivity index (χ1) is 13.5. The lowest BCUT2D eigenvalue weighted by atomic mass is 10.1. The van der Waals surface area contributed by atoms with Crippen LogP contribution < -0.4 is 14.8 Å². The number of rotatable bonds is 7. The minimum absolute atomic E-state index is 0.0941. The highest BCUT2D eigenvalue weighted by Crippen LogP contribution is 2.25. The Labute approximate surface area is 164 Å². The van der Waals surface area contributed by atoms with Crippen molar-refractivity contribution in [2.75, 3.05) is 14.2 Å². The third-order valence-electron chi connectivity index (χ3n) is 4.39. The molecule has 2 heterocycles. The van der Waals surface area contributed by atoms with E-state index in [0.29, 0.717) is 29.4 Å². The third kappa shape index (κ3) is 3.98. The summed E-state index contributed by atoms with van der Waals surface area (Å²) >= 11 is 0. The second kappa shape index (κ2) is 8.56. The third-order valence-corrected chi connectivity index (χ3v) is 4.39. The lowest BCUT2D eigenvalue weighted by Crippen LogP contribution is -2.24. The van der Waals surface area contributed by atoms with E-state index in [1.54, 1.807) is 31.3 Å². The van der Waals surface area contributed by atoms with Gasteiger partial charge in [0.2, 0.25) is 0 Å². The van der Waals surface area contributed by atoms with Gasteiger partial charge < -0.3 is 14.8 Å². The van der Waals surface area contributed by atoms with Crippen molar-refractivity contribution in [3.05, 3.63) is 65.6 Å². The Bertz CT molecular complexity index is 952. The van der Waals surface area contributed by atoms with Crippen LogP contribution in [-0.4, -0.2) is 34.9 Å². The van der Waals surface area contributed by atoms with Crippen LogP contribution in [0, 0.1) is 0 Å². The van der Waals surface area contributed by atoms with Crippen LogP contribution >= 0.6 is 0 Å². The predicted molar refractivity (Wildman–Crippen MR) is 106 cm³/mol. The SMILES string of the molecule is COc1ccc(OC)c(CNC(=O)c2cnn(-c3ccccn3)c2C(C)C)c1. The van der Waals surface area contributed by atoms with Gasteiger partial charge in [-0.1, -0.05) is 19.9 Å². The average Bonchev–Trinajstić information content (AvgIpc) is 3.18. The van der Waals surface area contributed by atoms with Crippen molar-refractivity contribution >= 4 is 5.91 Å². The van der Waals surface area contributed by atoms with Crippen LogP contribution in [0.5, 0.6) is 11.5 Å². The molecule has 0 bridgehead atoms. The Hall–Kier alpha value is -3.35. The van der Waals surface area contributed by atoms with Crippen LogP contribution in [0.3, 0.4) is 0 Å². The van der Waals surface area contributed by atoms with Gasteiger partial charge >= 0.3 is 0 Å². The van der Waals surface area contributed by atoms with Gasteiger partial charge in [0.05, 0.1) is 31.7 Å². The first kappa shape index (κ1) is 19.4. The van der Waals surface area contributed by atoms with Gasteiger partial charge in [0.25, 0.3) is 5.91 Å². The summed E-state index contributed by atoms with van der Waals surface area (Å²) < 4.78 is 12.3. The summed E-state index contributed by atoms with van der Waals surface area (Å²) in [5.41, 5.74) is 2.18.